The number of nitrogens with zero attached hydrogens (tertiary/aromatic N) is 3. The van der Waals surface area contributed by atoms with Gasteiger partial charge in [-0.05, 0) is 42.3 Å². The van der Waals surface area contributed by atoms with Crippen LogP contribution in [0.15, 0.2) is 46.0 Å². The van der Waals surface area contributed by atoms with Crippen LogP contribution < -0.4 is 25.5 Å². The van der Waals surface area contributed by atoms with Crippen LogP contribution in [0.5, 0.6) is 17.2 Å². The first kappa shape index (κ1) is 27.1. The van der Waals surface area contributed by atoms with E-state index in [1.54, 1.807) is 18.2 Å². The molecule has 1 N–H and O–H groups in total. The second kappa shape index (κ2) is 11.6. The molecule has 0 aliphatic carbocycles. The maximum Gasteiger partial charge on any atom is 0.332 e. The summed E-state index contributed by atoms with van der Waals surface area (Å²) in [4.78, 5) is 40.9. The molecule has 0 spiro atoms. The number of halogens is 2. The number of carbonyl (C=O) groups is 1. The minimum absolute atomic E-state index is 0.0845. The number of methoxy groups -OCH3 is 2. The van der Waals surface area contributed by atoms with Crippen LogP contribution in [0.3, 0.4) is 0 Å². The number of alkyl halides is 2. The SMILES string of the molecule is COc1ccc(Cn2c(=O)c3cc(OC(CF)CF)ccc3n(C3CCN(C(=O)CO)C3)c2=O)cc1OC. The summed E-state index contributed by atoms with van der Waals surface area (Å²) in [7, 11) is 2.96. The van der Waals surface area contributed by atoms with Crippen molar-refractivity contribution in [2.75, 3.05) is 47.3 Å². The van der Waals surface area contributed by atoms with Gasteiger partial charge in [0.1, 0.15) is 25.7 Å². The molecule has 38 heavy (non-hydrogen) atoms. The number of hydrogen-bond acceptors (Lipinski definition) is 7. The van der Waals surface area contributed by atoms with E-state index < -0.39 is 49.3 Å². The third kappa shape index (κ3) is 5.21. The first-order valence-corrected chi connectivity index (χ1v) is 12.0. The van der Waals surface area contributed by atoms with E-state index in [0.29, 0.717) is 35.5 Å². The summed E-state index contributed by atoms with van der Waals surface area (Å²) in [5, 5.41) is 9.37. The minimum atomic E-state index is -1.32. The monoisotopic (exact) mass is 533 g/mol. The highest BCUT2D eigenvalue weighted by atomic mass is 19.1. The van der Waals surface area contributed by atoms with Crippen molar-refractivity contribution in [2.24, 2.45) is 0 Å². The summed E-state index contributed by atoms with van der Waals surface area (Å²) < 4.78 is 44.6. The number of rotatable bonds is 10. The molecule has 1 amide bonds. The van der Waals surface area contributed by atoms with Gasteiger partial charge in [0.25, 0.3) is 5.56 Å². The Bertz CT molecular complexity index is 1430. The number of fused-ring (bicyclic) bond motifs is 1. The van der Waals surface area contributed by atoms with E-state index in [9.17, 15) is 28.3 Å². The number of aromatic nitrogens is 2. The summed E-state index contributed by atoms with van der Waals surface area (Å²) in [5.74, 6) is 0.535. The van der Waals surface area contributed by atoms with Crippen molar-refractivity contribution in [1.29, 1.82) is 0 Å². The van der Waals surface area contributed by atoms with Gasteiger partial charge in [0, 0.05) is 13.1 Å². The van der Waals surface area contributed by atoms with Gasteiger partial charge in [-0.2, -0.15) is 0 Å². The molecule has 1 aliphatic rings. The highest BCUT2D eigenvalue weighted by Crippen LogP contribution is 2.29. The molecule has 1 unspecified atom stereocenters. The summed E-state index contributed by atoms with van der Waals surface area (Å²) >= 11 is 0. The van der Waals surface area contributed by atoms with Crippen LogP contribution in [0.4, 0.5) is 8.78 Å². The van der Waals surface area contributed by atoms with Crippen molar-refractivity contribution >= 4 is 16.8 Å². The molecule has 1 atom stereocenters. The fourth-order valence-electron chi connectivity index (χ4n) is 4.66. The quantitative estimate of drug-likeness (QED) is 0.422. The molecule has 4 rings (SSSR count). The van der Waals surface area contributed by atoms with E-state index in [4.69, 9.17) is 14.2 Å². The maximum atomic E-state index is 13.8. The molecule has 0 bridgehead atoms. The lowest BCUT2D eigenvalue weighted by molar-refractivity contribution is -0.133. The van der Waals surface area contributed by atoms with E-state index >= 15 is 0 Å². The van der Waals surface area contributed by atoms with Crippen molar-refractivity contribution in [3.05, 3.63) is 62.8 Å². The molecule has 3 aromatic rings. The minimum Gasteiger partial charge on any atom is -0.493 e. The van der Waals surface area contributed by atoms with Gasteiger partial charge < -0.3 is 24.2 Å². The zero-order valence-electron chi connectivity index (χ0n) is 21.1. The normalized spacial score (nSPS) is 15.3. The second-order valence-corrected chi connectivity index (χ2v) is 8.90. The highest BCUT2D eigenvalue weighted by molar-refractivity contribution is 5.80. The van der Waals surface area contributed by atoms with Crippen molar-refractivity contribution in [3.63, 3.8) is 0 Å². The van der Waals surface area contributed by atoms with E-state index in [-0.39, 0.29) is 24.2 Å². The molecule has 10 nitrogen and oxygen atoms in total. The van der Waals surface area contributed by atoms with Gasteiger partial charge in [0.05, 0.1) is 37.7 Å². The van der Waals surface area contributed by atoms with Gasteiger partial charge in [0.15, 0.2) is 17.6 Å². The van der Waals surface area contributed by atoms with Gasteiger partial charge in [-0.25, -0.2) is 13.6 Å². The van der Waals surface area contributed by atoms with E-state index in [0.717, 1.165) is 4.57 Å². The number of hydrogen-bond donors (Lipinski definition) is 1. The number of benzene rings is 2. The number of amides is 1. The van der Waals surface area contributed by atoms with Gasteiger partial charge in [0.2, 0.25) is 5.91 Å². The lowest BCUT2D eigenvalue weighted by Gasteiger charge is -2.21. The highest BCUT2D eigenvalue weighted by Gasteiger charge is 2.30. The van der Waals surface area contributed by atoms with Crippen molar-refractivity contribution in [1.82, 2.24) is 14.0 Å². The van der Waals surface area contributed by atoms with Crippen LogP contribution in [0, 0.1) is 0 Å². The Hall–Kier alpha value is -3.93. The van der Waals surface area contributed by atoms with E-state index in [1.807, 2.05) is 0 Å². The molecule has 1 fully saturated rings. The third-order valence-electron chi connectivity index (χ3n) is 6.59. The Labute approximate surface area is 216 Å². The zero-order chi connectivity index (χ0) is 27.4. The molecular weight excluding hydrogens is 504 g/mol. The molecule has 12 heteroatoms. The molecule has 0 saturated carbocycles. The third-order valence-corrected chi connectivity index (χ3v) is 6.59. The van der Waals surface area contributed by atoms with Crippen LogP contribution in [0.25, 0.3) is 10.9 Å². The molecule has 1 aliphatic heterocycles. The topological polar surface area (TPSA) is 112 Å². The molecule has 0 radical (unpaired) electrons. The second-order valence-electron chi connectivity index (χ2n) is 8.90. The molecule has 2 aromatic carbocycles. The number of carbonyl (C=O) groups excluding carboxylic acids is 1. The Morgan fingerprint density at radius 1 is 1.08 bits per heavy atom. The largest absolute Gasteiger partial charge is 0.493 e. The van der Waals surface area contributed by atoms with Gasteiger partial charge in [-0.3, -0.25) is 18.7 Å². The van der Waals surface area contributed by atoms with E-state index in [2.05, 4.69) is 0 Å². The van der Waals surface area contributed by atoms with Crippen LogP contribution in [-0.4, -0.2) is 78.4 Å². The fourth-order valence-corrected chi connectivity index (χ4v) is 4.66. The molecular formula is C26H29F2N3O7. The molecule has 1 aromatic heterocycles. The average molecular weight is 534 g/mol. The van der Waals surface area contributed by atoms with Crippen molar-refractivity contribution < 1.29 is 32.9 Å². The zero-order valence-corrected chi connectivity index (χ0v) is 21.1. The van der Waals surface area contributed by atoms with Gasteiger partial charge >= 0.3 is 5.69 Å². The fraction of sp³-hybridized carbons (Fsp3) is 0.423. The lowest BCUT2D eigenvalue weighted by atomic mass is 10.1. The smallest absolute Gasteiger partial charge is 0.332 e. The van der Waals surface area contributed by atoms with Gasteiger partial charge in [-0.15, -0.1) is 0 Å². The Morgan fingerprint density at radius 3 is 2.47 bits per heavy atom. The lowest BCUT2D eigenvalue weighted by Crippen LogP contribution is -2.42. The molecule has 1 saturated heterocycles. The number of aliphatic hydroxyl groups is 1. The van der Waals surface area contributed by atoms with Crippen LogP contribution in [-0.2, 0) is 11.3 Å². The first-order chi connectivity index (χ1) is 18.3. The number of aliphatic hydroxyl groups excluding tert-OH is 1. The Kier molecular flexibility index (Phi) is 8.30. The van der Waals surface area contributed by atoms with Gasteiger partial charge in [-0.1, -0.05) is 6.07 Å². The maximum absolute atomic E-state index is 13.8. The van der Waals surface area contributed by atoms with Crippen LogP contribution >= 0.6 is 0 Å². The summed E-state index contributed by atoms with van der Waals surface area (Å²) in [5.41, 5.74) is -0.297. The predicted molar refractivity (Wildman–Crippen MR) is 135 cm³/mol. The Balaban J connectivity index is 1.86. The number of ether oxygens (including phenoxy) is 3. The molecule has 2 heterocycles. The molecule has 204 valence electrons. The summed E-state index contributed by atoms with van der Waals surface area (Å²) in [6.07, 6.45) is -0.889. The summed E-state index contributed by atoms with van der Waals surface area (Å²) in [6.45, 7) is -2.33. The van der Waals surface area contributed by atoms with Crippen molar-refractivity contribution in [3.8, 4) is 17.2 Å². The average Bonchev–Trinajstić information content (AvgIpc) is 3.43. The Morgan fingerprint density at radius 2 is 1.82 bits per heavy atom. The van der Waals surface area contributed by atoms with E-state index in [1.165, 1.54) is 41.9 Å². The first-order valence-electron chi connectivity index (χ1n) is 12.0. The predicted octanol–water partition coefficient (Wildman–Crippen LogP) is 1.68. The number of likely N-dealkylation sites (tertiary alicyclic amines) is 1. The summed E-state index contributed by atoms with van der Waals surface area (Å²) in [6, 6.07) is 8.86. The van der Waals surface area contributed by atoms with Crippen LogP contribution in [0.1, 0.15) is 18.0 Å². The van der Waals surface area contributed by atoms with Crippen molar-refractivity contribution in [2.45, 2.75) is 25.1 Å². The van der Waals surface area contributed by atoms with Crippen LogP contribution in [0.2, 0.25) is 0 Å². The standard InChI is InChI=1S/C26H29F2N3O7/c1-36-22-6-3-16(9-23(22)37-2)13-30-25(34)20-10-18(38-19(11-27)12-28)4-5-21(20)31(26(30)35)17-7-8-29(14-17)24(33)15-32/h3-6,9-10,17,19,32H,7-8,11-15H2,1-2H3.